The van der Waals surface area contributed by atoms with Crippen molar-refractivity contribution in [2.24, 2.45) is 0 Å². The third kappa shape index (κ3) is 3.73. The quantitative estimate of drug-likeness (QED) is 0.671. The topological polar surface area (TPSA) is 46.9 Å². The molecule has 0 saturated heterocycles. The highest BCUT2D eigenvalue weighted by molar-refractivity contribution is 6.31. The van der Waals surface area contributed by atoms with Crippen LogP contribution in [0.25, 0.3) is 11.0 Å². The predicted molar refractivity (Wildman–Crippen MR) is 102 cm³/mol. The van der Waals surface area contributed by atoms with Crippen LogP contribution in [-0.4, -0.2) is 15.5 Å². The summed E-state index contributed by atoms with van der Waals surface area (Å²) in [5.41, 5.74) is 2.08. The van der Waals surface area contributed by atoms with Gasteiger partial charge in [0.1, 0.15) is 11.6 Å². The summed E-state index contributed by atoms with van der Waals surface area (Å²) in [6.45, 7) is 4.09. The van der Waals surface area contributed by atoms with Gasteiger partial charge in [-0.15, -0.1) is 0 Å². The minimum Gasteiger partial charge on any atom is -0.346 e. The number of hydrogen-bond acceptors (Lipinski definition) is 2. The third-order valence-electron chi connectivity index (χ3n) is 4.30. The third-order valence-corrected chi connectivity index (χ3v) is 4.66. The standard InChI is InChI=1S/C20H21ClFN3O/c1-3-7-19(26)23-13(2)20-24-17-10-4-5-11-18(17)25(20)12-14-15(21)8-6-9-16(14)22/h4-6,8-11,13H,3,7,12H2,1-2H3,(H,23,26)/t13-/m1/s1. The maximum absolute atomic E-state index is 14.3. The Morgan fingerprint density at radius 2 is 2.04 bits per heavy atom. The fraction of sp³-hybridized carbons (Fsp3) is 0.300. The summed E-state index contributed by atoms with van der Waals surface area (Å²) in [6.07, 6.45) is 1.24. The number of fused-ring (bicyclic) bond motifs is 1. The summed E-state index contributed by atoms with van der Waals surface area (Å²) < 4.78 is 16.2. The number of para-hydroxylation sites is 2. The summed E-state index contributed by atoms with van der Waals surface area (Å²) in [5, 5.41) is 3.34. The highest BCUT2D eigenvalue weighted by Crippen LogP contribution is 2.26. The van der Waals surface area contributed by atoms with Crippen molar-refractivity contribution in [3.05, 3.63) is 64.7 Å². The van der Waals surface area contributed by atoms with Crippen molar-refractivity contribution in [1.82, 2.24) is 14.9 Å². The van der Waals surface area contributed by atoms with Gasteiger partial charge in [0, 0.05) is 17.0 Å². The number of nitrogens with one attached hydrogen (secondary N) is 1. The average Bonchev–Trinajstić information content (AvgIpc) is 2.97. The lowest BCUT2D eigenvalue weighted by molar-refractivity contribution is -0.121. The van der Waals surface area contributed by atoms with Crippen LogP contribution in [0.2, 0.25) is 5.02 Å². The van der Waals surface area contributed by atoms with Gasteiger partial charge < -0.3 is 9.88 Å². The Labute approximate surface area is 157 Å². The number of aromatic nitrogens is 2. The lowest BCUT2D eigenvalue weighted by Gasteiger charge is -2.17. The van der Waals surface area contributed by atoms with Crippen LogP contribution in [0.15, 0.2) is 42.5 Å². The number of benzene rings is 2. The molecule has 0 aliphatic carbocycles. The first-order valence-electron chi connectivity index (χ1n) is 8.68. The predicted octanol–water partition coefficient (Wildman–Crippen LogP) is 4.85. The highest BCUT2D eigenvalue weighted by atomic mass is 35.5. The zero-order valence-electron chi connectivity index (χ0n) is 14.8. The van der Waals surface area contributed by atoms with Crippen molar-refractivity contribution in [3.8, 4) is 0 Å². The lowest BCUT2D eigenvalue weighted by Crippen LogP contribution is -2.28. The van der Waals surface area contributed by atoms with Gasteiger partial charge >= 0.3 is 0 Å². The Hall–Kier alpha value is -2.40. The number of halogens is 2. The largest absolute Gasteiger partial charge is 0.346 e. The molecule has 0 spiro atoms. The summed E-state index contributed by atoms with van der Waals surface area (Å²) in [7, 11) is 0. The van der Waals surface area contributed by atoms with Crippen LogP contribution in [0.5, 0.6) is 0 Å². The number of nitrogens with zero attached hydrogens (tertiary/aromatic N) is 2. The first-order chi connectivity index (χ1) is 12.5. The molecule has 2 aromatic carbocycles. The van der Waals surface area contributed by atoms with Crippen LogP contribution >= 0.6 is 11.6 Å². The highest BCUT2D eigenvalue weighted by Gasteiger charge is 2.20. The van der Waals surface area contributed by atoms with Crippen LogP contribution in [-0.2, 0) is 11.3 Å². The van der Waals surface area contributed by atoms with Crippen molar-refractivity contribution in [2.75, 3.05) is 0 Å². The molecule has 0 unspecified atom stereocenters. The van der Waals surface area contributed by atoms with Crippen molar-refractivity contribution in [2.45, 2.75) is 39.3 Å². The Bertz CT molecular complexity index is 918. The molecule has 0 aliphatic rings. The zero-order chi connectivity index (χ0) is 18.7. The van der Waals surface area contributed by atoms with Gasteiger partial charge in [-0.2, -0.15) is 0 Å². The van der Waals surface area contributed by atoms with Crippen molar-refractivity contribution in [3.63, 3.8) is 0 Å². The fourth-order valence-corrected chi connectivity index (χ4v) is 3.26. The Balaban J connectivity index is 2.04. The molecular formula is C20H21ClFN3O. The molecule has 0 fully saturated rings. The molecule has 0 bridgehead atoms. The fourth-order valence-electron chi connectivity index (χ4n) is 3.04. The van der Waals surface area contributed by atoms with E-state index in [4.69, 9.17) is 11.6 Å². The molecule has 1 amide bonds. The van der Waals surface area contributed by atoms with Gasteiger partial charge in [-0.1, -0.05) is 36.7 Å². The van der Waals surface area contributed by atoms with Crippen LogP contribution in [0.4, 0.5) is 4.39 Å². The van der Waals surface area contributed by atoms with Gasteiger partial charge in [0.25, 0.3) is 0 Å². The van der Waals surface area contributed by atoms with E-state index in [1.807, 2.05) is 42.7 Å². The van der Waals surface area contributed by atoms with Crippen LogP contribution < -0.4 is 5.32 Å². The van der Waals surface area contributed by atoms with E-state index in [2.05, 4.69) is 10.3 Å². The number of amides is 1. The molecule has 3 aromatic rings. The molecule has 1 aromatic heterocycles. The van der Waals surface area contributed by atoms with E-state index in [1.54, 1.807) is 12.1 Å². The molecular weight excluding hydrogens is 353 g/mol. The van der Waals surface area contributed by atoms with Gasteiger partial charge in [0.2, 0.25) is 5.91 Å². The SMILES string of the molecule is CCCC(=O)N[C@H](C)c1nc2ccccc2n1Cc1c(F)cccc1Cl. The molecule has 1 N–H and O–H groups in total. The van der Waals surface area contributed by atoms with Gasteiger partial charge in [0.05, 0.1) is 23.6 Å². The van der Waals surface area contributed by atoms with E-state index in [9.17, 15) is 9.18 Å². The first kappa shape index (κ1) is 18.4. The Kier molecular flexibility index (Phi) is 5.57. The van der Waals surface area contributed by atoms with Crippen LogP contribution in [0.3, 0.4) is 0 Å². The number of rotatable bonds is 6. The number of carbonyl (C=O) groups excluding carboxylic acids is 1. The maximum Gasteiger partial charge on any atom is 0.220 e. The summed E-state index contributed by atoms with van der Waals surface area (Å²) in [5.74, 6) is 0.293. The van der Waals surface area contributed by atoms with Gasteiger partial charge in [-0.3, -0.25) is 4.79 Å². The Morgan fingerprint density at radius 1 is 1.27 bits per heavy atom. The molecule has 136 valence electrons. The second-order valence-corrected chi connectivity index (χ2v) is 6.69. The number of hydrogen-bond donors (Lipinski definition) is 1. The molecule has 6 heteroatoms. The smallest absolute Gasteiger partial charge is 0.220 e. The minimum absolute atomic E-state index is 0.0254. The molecule has 26 heavy (non-hydrogen) atoms. The van der Waals surface area contributed by atoms with E-state index in [0.29, 0.717) is 22.8 Å². The average molecular weight is 374 g/mol. The molecule has 4 nitrogen and oxygen atoms in total. The summed E-state index contributed by atoms with van der Waals surface area (Å²) in [4.78, 5) is 16.7. The van der Waals surface area contributed by atoms with Crippen molar-refractivity contribution >= 4 is 28.5 Å². The second-order valence-electron chi connectivity index (χ2n) is 6.28. The van der Waals surface area contributed by atoms with Gasteiger partial charge in [-0.05, 0) is 37.6 Å². The van der Waals surface area contributed by atoms with Gasteiger partial charge in [0.15, 0.2) is 0 Å². The van der Waals surface area contributed by atoms with Crippen molar-refractivity contribution in [1.29, 1.82) is 0 Å². The number of carbonyl (C=O) groups is 1. The molecule has 0 aliphatic heterocycles. The minimum atomic E-state index is -0.357. The Morgan fingerprint density at radius 3 is 2.77 bits per heavy atom. The zero-order valence-corrected chi connectivity index (χ0v) is 15.6. The molecule has 0 radical (unpaired) electrons. The van der Waals surface area contributed by atoms with Crippen LogP contribution in [0.1, 0.15) is 44.1 Å². The first-order valence-corrected chi connectivity index (χ1v) is 9.06. The normalized spacial score (nSPS) is 12.3. The summed E-state index contributed by atoms with van der Waals surface area (Å²) in [6, 6.07) is 12.0. The van der Waals surface area contributed by atoms with E-state index in [0.717, 1.165) is 17.5 Å². The molecule has 1 heterocycles. The maximum atomic E-state index is 14.3. The molecule has 3 rings (SSSR count). The second kappa shape index (κ2) is 7.87. The van der Waals surface area contributed by atoms with Crippen LogP contribution in [0, 0.1) is 5.82 Å². The molecule has 0 saturated carbocycles. The van der Waals surface area contributed by atoms with E-state index in [1.165, 1.54) is 6.07 Å². The van der Waals surface area contributed by atoms with Crippen molar-refractivity contribution < 1.29 is 9.18 Å². The number of imidazole rings is 1. The lowest BCUT2D eigenvalue weighted by atomic mass is 10.2. The summed E-state index contributed by atoms with van der Waals surface area (Å²) >= 11 is 6.21. The molecule has 1 atom stereocenters. The van der Waals surface area contributed by atoms with E-state index in [-0.39, 0.29) is 24.3 Å². The monoisotopic (exact) mass is 373 g/mol. The van der Waals surface area contributed by atoms with Gasteiger partial charge in [-0.25, -0.2) is 9.37 Å². The van der Waals surface area contributed by atoms with E-state index >= 15 is 0 Å². The van der Waals surface area contributed by atoms with E-state index < -0.39 is 0 Å².